The van der Waals surface area contributed by atoms with Gasteiger partial charge in [-0.2, -0.15) is 0 Å². The second-order valence-corrected chi connectivity index (χ2v) is 7.63. The van der Waals surface area contributed by atoms with E-state index in [-0.39, 0.29) is 11.8 Å². The zero-order valence-corrected chi connectivity index (χ0v) is 19.8. The second-order valence-electron chi connectivity index (χ2n) is 7.63. The molecule has 0 saturated carbocycles. The Kier molecular flexibility index (Phi) is 10.7. The summed E-state index contributed by atoms with van der Waals surface area (Å²) >= 11 is 0. The zero-order valence-electron chi connectivity index (χ0n) is 19.8. The van der Waals surface area contributed by atoms with Crippen LogP contribution in [0.3, 0.4) is 0 Å². The Morgan fingerprint density at radius 3 is 2.06 bits per heavy atom. The van der Waals surface area contributed by atoms with Gasteiger partial charge in [0.15, 0.2) is 0 Å². The van der Waals surface area contributed by atoms with Gasteiger partial charge in [-0.05, 0) is 56.8 Å². The number of carbonyl (C=O) groups excluding carboxylic acids is 2. The van der Waals surface area contributed by atoms with Gasteiger partial charge in [0.1, 0.15) is 18.4 Å². The molecule has 1 N–H and O–H groups in total. The van der Waals surface area contributed by atoms with Crippen molar-refractivity contribution in [2.75, 3.05) is 39.3 Å². The Bertz CT molecular complexity index is 816. The Hall–Kier alpha value is -2.86. The molecule has 0 radical (unpaired) electrons. The van der Waals surface area contributed by atoms with Gasteiger partial charge in [-0.3, -0.25) is 9.59 Å². The molecule has 0 spiro atoms. The second kappa shape index (κ2) is 13.5. The minimum atomic E-state index is -0.628. The van der Waals surface area contributed by atoms with Gasteiger partial charge in [-0.25, -0.2) is 0 Å². The number of rotatable bonds is 13. The van der Waals surface area contributed by atoms with Gasteiger partial charge in [0.2, 0.25) is 5.91 Å². The van der Waals surface area contributed by atoms with Crippen LogP contribution in [0, 0.1) is 0 Å². The first kappa shape index (κ1) is 25.4. The molecule has 2 rings (SSSR count). The van der Waals surface area contributed by atoms with Crippen LogP contribution >= 0.6 is 0 Å². The highest BCUT2D eigenvalue weighted by molar-refractivity contribution is 5.97. The maximum Gasteiger partial charge on any atom is 0.251 e. The molecule has 0 fully saturated rings. The van der Waals surface area contributed by atoms with E-state index in [0.717, 1.165) is 30.9 Å². The van der Waals surface area contributed by atoms with Crippen LogP contribution in [0.1, 0.15) is 43.6 Å². The molecule has 0 aromatic heterocycles. The van der Waals surface area contributed by atoms with Gasteiger partial charge >= 0.3 is 0 Å². The standard InChI is InChI=1S/C26H37N3O3/c1-5-28(6-2)18-19-32-23-16-14-21(15-17-23)20-24(26(31)29(7-3)8-4)27-25(30)22-12-10-9-11-13-22/h9-17,24H,5-8,18-20H2,1-4H3,(H,27,30). The zero-order chi connectivity index (χ0) is 23.3. The maximum atomic E-state index is 13.1. The van der Waals surface area contributed by atoms with E-state index in [9.17, 15) is 9.59 Å². The molecule has 0 bridgehead atoms. The van der Waals surface area contributed by atoms with E-state index in [1.807, 2.05) is 56.3 Å². The van der Waals surface area contributed by atoms with Crippen molar-refractivity contribution in [2.24, 2.45) is 0 Å². The summed E-state index contributed by atoms with van der Waals surface area (Å²) in [5.74, 6) is 0.493. The van der Waals surface area contributed by atoms with Gasteiger partial charge in [0.25, 0.3) is 5.91 Å². The number of hydrogen-bond donors (Lipinski definition) is 1. The van der Waals surface area contributed by atoms with Crippen LogP contribution in [-0.2, 0) is 11.2 Å². The van der Waals surface area contributed by atoms with E-state index < -0.39 is 6.04 Å². The Morgan fingerprint density at radius 2 is 1.50 bits per heavy atom. The van der Waals surface area contributed by atoms with Crippen molar-refractivity contribution in [1.82, 2.24) is 15.1 Å². The average Bonchev–Trinajstić information content (AvgIpc) is 2.83. The van der Waals surface area contributed by atoms with Gasteiger partial charge in [-0.15, -0.1) is 0 Å². The van der Waals surface area contributed by atoms with Crippen molar-refractivity contribution in [3.63, 3.8) is 0 Å². The molecule has 6 nitrogen and oxygen atoms in total. The molecule has 0 heterocycles. The van der Waals surface area contributed by atoms with Crippen LogP contribution < -0.4 is 10.1 Å². The third-order valence-electron chi connectivity index (χ3n) is 5.65. The molecule has 1 unspecified atom stereocenters. The van der Waals surface area contributed by atoms with E-state index in [1.54, 1.807) is 17.0 Å². The largest absolute Gasteiger partial charge is 0.492 e. The van der Waals surface area contributed by atoms with E-state index in [4.69, 9.17) is 4.74 Å². The predicted molar refractivity (Wildman–Crippen MR) is 129 cm³/mol. The third-order valence-corrected chi connectivity index (χ3v) is 5.65. The highest BCUT2D eigenvalue weighted by atomic mass is 16.5. The Labute approximate surface area is 192 Å². The molecule has 0 aliphatic rings. The lowest BCUT2D eigenvalue weighted by molar-refractivity contribution is -0.132. The molecule has 2 aromatic rings. The molecule has 0 aliphatic heterocycles. The van der Waals surface area contributed by atoms with Crippen LogP contribution in [0.25, 0.3) is 0 Å². The number of carbonyl (C=O) groups is 2. The summed E-state index contributed by atoms with van der Waals surface area (Å²) in [4.78, 5) is 29.9. The third kappa shape index (κ3) is 7.68. The number of hydrogen-bond acceptors (Lipinski definition) is 4. The van der Waals surface area contributed by atoms with E-state index in [2.05, 4.69) is 24.1 Å². The van der Waals surface area contributed by atoms with Crippen molar-refractivity contribution in [2.45, 2.75) is 40.2 Å². The highest BCUT2D eigenvalue weighted by Gasteiger charge is 2.25. The lowest BCUT2D eigenvalue weighted by Gasteiger charge is -2.26. The van der Waals surface area contributed by atoms with Gasteiger partial charge in [-0.1, -0.05) is 44.2 Å². The smallest absolute Gasteiger partial charge is 0.251 e. The summed E-state index contributed by atoms with van der Waals surface area (Å²) in [5, 5.41) is 2.94. The van der Waals surface area contributed by atoms with Crippen LogP contribution in [0.15, 0.2) is 54.6 Å². The molecule has 6 heteroatoms. The van der Waals surface area contributed by atoms with E-state index in [1.165, 1.54) is 0 Å². The number of nitrogens with zero attached hydrogens (tertiary/aromatic N) is 2. The molecule has 1 atom stereocenters. The lowest BCUT2D eigenvalue weighted by atomic mass is 10.0. The van der Waals surface area contributed by atoms with E-state index >= 15 is 0 Å². The summed E-state index contributed by atoms with van der Waals surface area (Å²) in [6.45, 7) is 12.9. The minimum Gasteiger partial charge on any atom is -0.492 e. The molecular weight excluding hydrogens is 402 g/mol. The fraction of sp³-hybridized carbons (Fsp3) is 0.462. The number of ether oxygens (including phenoxy) is 1. The quantitative estimate of drug-likeness (QED) is 0.518. The molecule has 0 saturated heterocycles. The Morgan fingerprint density at radius 1 is 0.875 bits per heavy atom. The van der Waals surface area contributed by atoms with Crippen molar-refractivity contribution < 1.29 is 14.3 Å². The lowest BCUT2D eigenvalue weighted by Crippen LogP contribution is -2.49. The molecule has 174 valence electrons. The van der Waals surface area contributed by atoms with Crippen LogP contribution in [0.4, 0.5) is 0 Å². The van der Waals surface area contributed by atoms with Gasteiger partial charge < -0.3 is 19.9 Å². The summed E-state index contributed by atoms with van der Waals surface area (Å²) in [6.07, 6.45) is 0.424. The molecule has 32 heavy (non-hydrogen) atoms. The number of likely N-dealkylation sites (N-methyl/N-ethyl adjacent to an activating group) is 2. The van der Waals surface area contributed by atoms with Crippen molar-refractivity contribution in [1.29, 1.82) is 0 Å². The Balaban J connectivity index is 2.06. The van der Waals surface area contributed by atoms with Crippen molar-refractivity contribution >= 4 is 11.8 Å². The average molecular weight is 440 g/mol. The highest BCUT2D eigenvalue weighted by Crippen LogP contribution is 2.15. The van der Waals surface area contributed by atoms with Crippen LogP contribution in [0.2, 0.25) is 0 Å². The summed E-state index contributed by atoms with van der Waals surface area (Å²) in [5.41, 5.74) is 1.52. The van der Waals surface area contributed by atoms with Crippen LogP contribution in [-0.4, -0.2) is 67.0 Å². The van der Waals surface area contributed by atoms with Crippen molar-refractivity contribution in [3.8, 4) is 5.75 Å². The first-order valence-electron chi connectivity index (χ1n) is 11.6. The number of nitrogens with one attached hydrogen (secondary N) is 1. The number of amides is 2. The monoisotopic (exact) mass is 439 g/mol. The minimum absolute atomic E-state index is 0.0705. The van der Waals surface area contributed by atoms with Crippen molar-refractivity contribution in [3.05, 3.63) is 65.7 Å². The fourth-order valence-corrected chi connectivity index (χ4v) is 3.58. The fourth-order valence-electron chi connectivity index (χ4n) is 3.58. The van der Waals surface area contributed by atoms with E-state index in [0.29, 0.717) is 31.7 Å². The van der Waals surface area contributed by atoms with Crippen LogP contribution in [0.5, 0.6) is 5.75 Å². The predicted octanol–water partition coefficient (Wildman–Crippen LogP) is 3.62. The van der Waals surface area contributed by atoms with Gasteiger partial charge in [0.05, 0.1) is 0 Å². The molecule has 0 aliphatic carbocycles. The normalized spacial score (nSPS) is 11.8. The van der Waals surface area contributed by atoms with Gasteiger partial charge in [0, 0.05) is 31.6 Å². The molecular formula is C26H37N3O3. The topological polar surface area (TPSA) is 61.9 Å². The molecule has 2 aromatic carbocycles. The summed E-state index contributed by atoms with van der Waals surface area (Å²) in [7, 11) is 0. The maximum absolute atomic E-state index is 13.1. The SMILES string of the molecule is CCN(CC)CCOc1ccc(CC(NC(=O)c2ccccc2)C(=O)N(CC)CC)cc1. The summed E-state index contributed by atoms with van der Waals surface area (Å²) in [6, 6.07) is 16.1. The molecule has 2 amide bonds. The summed E-state index contributed by atoms with van der Waals surface area (Å²) < 4.78 is 5.86. The first-order valence-corrected chi connectivity index (χ1v) is 11.6. The first-order chi connectivity index (χ1) is 15.5. The number of benzene rings is 2.